The summed E-state index contributed by atoms with van der Waals surface area (Å²) in [4.78, 5) is 12.4. The maximum atomic E-state index is 12.4. The zero-order valence-electron chi connectivity index (χ0n) is 14.2. The summed E-state index contributed by atoms with van der Waals surface area (Å²) in [7, 11) is 1.57. The van der Waals surface area contributed by atoms with Gasteiger partial charge in [-0.15, -0.1) is 0 Å². The first-order chi connectivity index (χ1) is 12.2. The molecule has 3 rings (SSSR count). The van der Waals surface area contributed by atoms with Crippen LogP contribution in [0.15, 0.2) is 48.3 Å². The smallest absolute Gasteiger partial charge is 0.266 e. The number of nitrogens with one attached hydrogen (secondary N) is 1. The Labute approximate surface area is 147 Å². The second kappa shape index (κ2) is 7.71. The molecule has 5 nitrogen and oxygen atoms in total. The van der Waals surface area contributed by atoms with Crippen molar-refractivity contribution in [3.8, 4) is 11.8 Å². The normalized spacial score (nSPS) is 15.0. The van der Waals surface area contributed by atoms with Crippen molar-refractivity contribution in [1.29, 1.82) is 5.26 Å². The lowest BCUT2D eigenvalue weighted by Crippen LogP contribution is -2.13. The summed E-state index contributed by atoms with van der Waals surface area (Å²) in [6.07, 6.45) is 10.6. The van der Waals surface area contributed by atoms with Gasteiger partial charge in [0.1, 0.15) is 17.4 Å². The predicted molar refractivity (Wildman–Crippen MR) is 97.2 cm³/mol. The molecule has 0 bridgehead atoms. The maximum absolute atomic E-state index is 12.4. The van der Waals surface area contributed by atoms with E-state index in [1.165, 1.54) is 25.7 Å². The molecule has 0 unspecified atom stereocenters. The number of amides is 1. The summed E-state index contributed by atoms with van der Waals surface area (Å²) in [6, 6.07) is 11.5. The topological polar surface area (TPSA) is 67.0 Å². The fourth-order valence-corrected chi connectivity index (χ4v) is 3.16. The lowest BCUT2D eigenvalue weighted by molar-refractivity contribution is -0.112. The van der Waals surface area contributed by atoms with Gasteiger partial charge in [-0.2, -0.15) is 5.26 Å². The van der Waals surface area contributed by atoms with Crippen molar-refractivity contribution in [2.45, 2.75) is 31.7 Å². The summed E-state index contributed by atoms with van der Waals surface area (Å²) < 4.78 is 7.32. The maximum Gasteiger partial charge on any atom is 0.266 e. The highest BCUT2D eigenvalue weighted by Gasteiger charge is 2.16. The second-order valence-corrected chi connectivity index (χ2v) is 6.19. The molecule has 1 N–H and O–H groups in total. The molecule has 0 spiro atoms. The predicted octanol–water partition coefficient (Wildman–Crippen LogP) is 4.16. The number of nitrogens with zero attached hydrogens (tertiary/aromatic N) is 2. The van der Waals surface area contributed by atoms with Gasteiger partial charge in [0.15, 0.2) is 0 Å². The first-order valence-corrected chi connectivity index (χ1v) is 8.44. The zero-order chi connectivity index (χ0) is 17.6. The van der Waals surface area contributed by atoms with Gasteiger partial charge in [-0.05, 0) is 42.7 Å². The molecule has 1 saturated carbocycles. The number of benzene rings is 1. The SMILES string of the molecule is COc1cccc(NC(=O)/C(C#N)=C/c2ccn(C3CCCC3)c2)c1. The number of nitriles is 1. The lowest BCUT2D eigenvalue weighted by Gasteiger charge is -2.10. The Bertz CT molecular complexity index is 823. The second-order valence-electron chi connectivity index (χ2n) is 6.19. The molecule has 0 atom stereocenters. The average molecular weight is 335 g/mol. The molecule has 1 aliphatic rings. The standard InChI is InChI=1S/C20H21N3O2/c1-25-19-8-4-5-17(12-19)22-20(24)16(13-21)11-15-9-10-23(14-15)18-6-2-3-7-18/h4-5,8-12,14,18H,2-3,6-7H2,1H3,(H,22,24)/b16-11+. The largest absolute Gasteiger partial charge is 0.497 e. The Balaban J connectivity index is 1.73. The molecule has 1 aromatic carbocycles. The first kappa shape index (κ1) is 16.8. The summed E-state index contributed by atoms with van der Waals surface area (Å²) in [5.74, 6) is 0.221. The van der Waals surface area contributed by atoms with Crippen molar-refractivity contribution in [1.82, 2.24) is 4.57 Å². The quantitative estimate of drug-likeness (QED) is 0.659. The Morgan fingerprint density at radius 1 is 1.36 bits per heavy atom. The number of ether oxygens (including phenoxy) is 1. The summed E-state index contributed by atoms with van der Waals surface area (Å²) in [5, 5.41) is 12.1. The van der Waals surface area contributed by atoms with Crippen LogP contribution in [0.25, 0.3) is 6.08 Å². The molecule has 5 heteroatoms. The third-order valence-corrected chi connectivity index (χ3v) is 4.49. The molecule has 0 saturated heterocycles. The van der Waals surface area contributed by atoms with Gasteiger partial charge in [-0.25, -0.2) is 0 Å². The number of hydrogen-bond acceptors (Lipinski definition) is 3. The third-order valence-electron chi connectivity index (χ3n) is 4.49. The number of anilines is 1. The van der Waals surface area contributed by atoms with E-state index < -0.39 is 5.91 Å². The fourth-order valence-electron chi connectivity index (χ4n) is 3.16. The Hall–Kier alpha value is -3.00. The van der Waals surface area contributed by atoms with Gasteiger partial charge in [0, 0.05) is 30.2 Å². The van der Waals surface area contributed by atoms with Crippen LogP contribution in [0.2, 0.25) is 0 Å². The van der Waals surface area contributed by atoms with Gasteiger partial charge in [-0.1, -0.05) is 18.9 Å². The van der Waals surface area contributed by atoms with Crippen molar-refractivity contribution >= 4 is 17.7 Å². The van der Waals surface area contributed by atoms with E-state index >= 15 is 0 Å². The van der Waals surface area contributed by atoms with Gasteiger partial charge in [0.05, 0.1) is 7.11 Å². The molecule has 2 aromatic rings. The van der Waals surface area contributed by atoms with Crippen molar-refractivity contribution in [3.63, 3.8) is 0 Å². The number of hydrogen-bond donors (Lipinski definition) is 1. The molecule has 25 heavy (non-hydrogen) atoms. The van der Waals surface area contributed by atoms with Gasteiger partial charge in [-0.3, -0.25) is 4.79 Å². The van der Waals surface area contributed by atoms with Crippen molar-refractivity contribution < 1.29 is 9.53 Å². The van der Waals surface area contributed by atoms with E-state index in [2.05, 4.69) is 9.88 Å². The zero-order valence-corrected chi connectivity index (χ0v) is 14.2. The minimum absolute atomic E-state index is 0.0759. The Morgan fingerprint density at radius 2 is 2.16 bits per heavy atom. The van der Waals surface area contributed by atoms with E-state index in [1.807, 2.05) is 24.5 Å². The number of carbonyl (C=O) groups is 1. The molecule has 1 aromatic heterocycles. The molecule has 0 radical (unpaired) electrons. The Kier molecular flexibility index (Phi) is 5.20. The van der Waals surface area contributed by atoms with E-state index in [4.69, 9.17) is 4.74 Å². The molecule has 128 valence electrons. The number of carbonyl (C=O) groups excluding carboxylic acids is 1. The van der Waals surface area contributed by atoms with E-state index in [0.717, 1.165) is 5.56 Å². The van der Waals surface area contributed by atoms with Gasteiger partial charge in [0.2, 0.25) is 0 Å². The highest BCUT2D eigenvalue weighted by atomic mass is 16.5. The molecule has 1 aliphatic carbocycles. The van der Waals surface area contributed by atoms with Crippen LogP contribution in [0.5, 0.6) is 5.75 Å². The van der Waals surface area contributed by atoms with Crippen molar-refractivity contribution in [3.05, 3.63) is 53.9 Å². The minimum Gasteiger partial charge on any atom is -0.497 e. The van der Waals surface area contributed by atoms with Crippen LogP contribution in [0.1, 0.15) is 37.3 Å². The highest BCUT2D eigenvalue weighted by Crippen LogP contribution is 2.30. The molecular weight excluding hydrogens is 314 g/mol. The average Bonchev–Trinajstić information content (AvgIpc) is 3.31. The molecular formula is C20H21N3O2. The van der Waals surface area contributed by atoms with Gasteiger partial charge < -0.3 is 14.6 Å². The number of methoxy groups -OCH3 is 1. The van der Waals surface area contributed by atoms with Crippen molar-refractivity contribution in [2.75, 3.05) is 12.4 Å². The molecule has 1 amide bonds. The Morgan fingerprint density at radius 3 is 2.88 bits per heavy atom. The molecule has 1 heterocycles. The van der Waals surface area contributed by atoms with E-state index in [1.54, 1.807) is 37.5 Å². The van der Waals surface area contributed by atoms with Crippen LogP contribution in [-0.2, 0) is 4.79 Å². The summed E-state index contributed by atoms with van der Waals surface area (Å²) in [5.41, 5.74) is 1.53. The van der Waals surface area contributed by atoms with Crippen LogP contribution in [0.4, 0.5) is 5.69 Å². The van der Waals surface area contributed by atoms with E-state index in [0.29, 0.717) is 17.5 Å². The van der Waals surface area contributed by atoms with Crippen LogP contribution >= 0.6 is 0 Å². The number of rotatable bonds is 5. The summed E-state index contributed by atoms with van der Waals surface area (Å²) >= 11 is 0. The van der Waals surface area contributed by atoms with E-state index in [-0.39, 0.29) is 5.57 Å². The van der Waals surface area contributed by atoms with E-state index in [9.17, 15) is 10.1 Å². The highest BCUT2D eigenvalue weighted by molar-refractivity contribution is 6.09. The molecule has 0 aliphatic heterocycles. The number of aromatic nitrogens is 1. The van der Waals surface area contributed by atoms with Crippen molar-refractivity contribution in [2.24, 2.45) is 0 Å². The van der Waals surface area contributed by atoms with Crippen LogP contribution in [0, 0.1) is 11.3 Å². The fraction of sp³-hybridized carbons (Fsp3) is 0.300. The van der Waals surface area contributed by atoms with Crippen LogP contribution in [0.3, 0.4) is 0 Å². The lowest BCUT2D eigenvalue weighted by atomic mass is 10.2. The monoisotopic (exact) mass is 335 g/mol. The van der Waals surface area contributed by atoms with Crippen LogP contribution in [-0.4, -0.2) is 17.6 Å². The molecule has 1 fully saturated rings. The van der Waals surface area contributed by atoms with Crippen LogP contribution < -0.4 is 10.1 Å². The summed E-state index contributed by atoms with van der Waals surface area (Å²) in [6.45, 7) is 0. The van der Waals surface area contributed by atoms with Gasteiger partial charge >= 0.3 is 0 Å². The minimum atomic E-state index is -0.427. The third kappa shape index (κ3) is 4.10. The van der Waals surface area contributed by atoms with Gasteiger partial charge in [0.25, 0.3) is 5.91 Å². The first-order valence-electron chi connectivity index (χ1n) is 8.44.